The summed E-state index contributed by atoms with van der Waals surface area (Å²) in [5.74, 6) is 0. The Morgan fingerprint density at radius 2 is 2.08 bits per heavy atom. The monoisotopic (exact) mass is 260 g/mol. The van der Waals surface area contributed by atoms with Gasteiger partial charge < -0.3 is 5.32 Å². The Balaban J connectivity index is 3.08. The van der Waals surface area contributed by atoms with E-state index in [1.165, 1.54) is 7.05 Å². The quantitative estimate of drug-likeness (QED) is 0.840. The molecule has 0 aliphatic carbocycles. The largest absolute Gasteiger partial charge is 0.435 e. The van der Waals surface area contributed by atoms with Gasteiger partial charge in [0, 0.05) is 7.05 Å². The molecule has 0 spiro atoms. The molecule has 2 nitrogen and oxygen atoms in total. The summed E-state index contributed by atoms with van der Waals surface area (Å²) in [6, 6.07) is 0. The smallest absolute Gasteiger partial charge is 0.365 e. The normalized spacial score (nSPS) is 11.8. The highest BCUT2D eigenvalue weighted by Gasteiger charge is 2.36. The second-order valence-corrected chi connectivity index (χ2v) is 4.21. The fourth-order valence-electron chi connectivity index (χ4n) is 0.583. The summed E-state index contributed by atoms with van der Waals surface area (Å²) >= 11 is 3.71. The number of hydrogen-bond acceptors (Lipinski definition) is 3. The zero-order valence-corrected chi connectivity index (χ0v) is 8.27. The number of halogens is 4. The molecule has 7 heteroatoms. The molecule has 0 amide bonds. The van der Waals surface area contributed by atoms with Crippen molar-refractivity contribution in [3.05, 3.63) is 9.48 Å². The molecule has 0 fully saturated rings. The van der Waals surface area contributed by atoms with Crippen molar-refractivity contribution >= 4 is 32.4 Å². The molecule has 12 heavy (non-hydrogen) atoms. The summed E-state index contributed by atoms with van der Waals surface area (Å²) in [5.41, 5.74) is -0.878. The summed E-state index contributed by atoms with van der Waals surface area (Å²) in [6.45, 7) is 0. The van der Waals surface area contributed by atoms with Crippen LogP contribution in [0.15, 0.2) is 3.79 Å². The highest BCUT2D eigenvalue weighted by Crippen LogP contribution is 2.38. The third-order valence-electron chi connectivity index (χ3n) is 1.07. The van der Waals surface area contributed by atoms with Crippen LogP contribution < -0.4 is 5.32 Å². The van der Waals surface area contributed by atoms with Gasteiger partial charge in [-0.1, -0.05) is 11.3 Å². The SMILES string of the molecule is CNc1nc(C(F)(F)F)c(Br)s1. The van der Waals surface area contributed by atoms with Crippen LogP contribution in [0.4, 0.5) is 18.3 Å². The van der Waals surface area contributed by atoms with E-state index < -0.39 is 11.9 Å². The minimum absolute atomic E-state index is 0.000602. The van der Waals surface area contributed by atoms with Crippen LogP contribution in [0.5, 0.6) is 0 Å². The van der Waals surface area contributed by atoms with Crippen LogP contribution >= 0.6 is 27.3 Å². The van der Waals surface area contributed by atoms with Gasteiger partial charge in [0.05, 0.1) is 0 Å². The molecule has 0 atom stereocenters. The van der Waals surface area contributed by atoms with Gasteiger partial charge in [-0.15, -0.1) is 0 Å². The molecule has 1 aromatic heterocycles. The van der Waals surface area contributed by atoms with E-state index in [-0.39, 0.29) is 8.92 Å². The first-order chi connectivity index (χ1) is 5.45. The van der Waals surface area contributed by atoms with Gasteiger partial charge in [0.15, 0.2) is 10.8 Å². The van der Waals surface area contributed by atoms with Crippen LogP contribution in [0.1, 0.15) is 5.69 Å². The van der Waals surface area contributed by atoms with Crippen LogP contribution in [-0.4, -0.2) is 12.0 Å². The summed E-state index contributed by atoms with van der Waals surface area (Å²) in [5, 5.41) is 2.78. The Kier molecular flexibility index (Phi) is 2.62. The summed E-state index contributed by atoms with van der Waals surface area (Å²) in [7, 11) is 1.52. The first-order valence-electron chi connectivity index (χ1n) is 2.86. The van der Waals surface area contributed by atoms with E-state index >= 15 is 0 Å². The van der Waals surface area contributed by atoms with Crippen LogP contribution in [0.25, 0.3) is 0 Å². The van der Waals surface area contributed by atoms with E-state index in [0.29, 0.717) is 0 Å². The fourth-order valence-corrected chi connectivity index (χ4v) is 2.02. The lowest BCUT2D eigenvalue weighted by Crippen LogP contribution is -2.06. The van der Waals surface area contributed by atoms with Gasteiger partial charge in [-0.2, -0.15) is 13.2 Å². The average Bonchev–Trinajstić information content (AvgIpc) is 2.29. The summed E-state index contributed by atoms with van der Waals surface area (Å²) < 4.78 is 36.3. The molecule has 68 valence electrons. The molecule has 0 unspecified atom stereocenters. The maximum absolute atomic E-state index is 12.1. The van der Waals surface area contributed by atoms with Crippen molar-refractivity contribution in [2.24, 2.45) is 0 Å². The lowest BCUT2D eigenvalue weighted by atomic mass is 10.5. The number of aromatic nitrogens is 1. The van der Waals surface area contributed by atoms with Gasteiger partial charge in [0.1, 0.15) is 3.79 Å². The molecule has 0 saturated carbocycles. The summed E-state index contributed by atoms with van der Waals surface area (Å²) in [6.07, 6.45) is -4.38. The molecular weight excluding hydrogens is 257 g/mol. The molecule has 0 saturated heterocycles. The van der Waals surface area contributed by atoms with Gasteiger partial charge in [-0.25, -0.2) is 4.98 Å². The number of nitrogens with one attached hydrogen (secondary N) is 1. The number of alkyl halides is 3. The van der Waals surface area contributed by atoms with E-state index in [1.807, 2.05) is 0 Å². The lowest BCUT2D eigenvalue weighted by Gasteiger charge is -2.00. The van der Waals surface area contributed by atoms with E-state index in [4.69, 9.17) is 0 Å². The second kappa shape index (κ2) is 3.21. The molecule has 1 heterocycles. The zero-order chi connectivity index (χ0) is 9.35. The summed E-state index contributed by atoms with van der Waals surface area (Å²) in [4.78, 5) is 3.34. The van der Waals surface area contributed by atoms with E-state index in [1.54, 1.807) is 0 Å². The average molecular weight is 261 g/mol. The first-order valence-corrected chi connectivity index (χ1v) is 4.47. The first kappa shape index (κ1) is 9.79. The minimum atomic E-state index is -4.38. The van der Waals surface area contributed by atoms with Crippen molar-refractivity contribution in [1.82, 2.24) is 4.98 Å². The fraction of sp³-hybridized carbons (Fsp3) is 0.400. The van der Waals surface area contributed by atoms with Crippen molar-refractivity contribution in [1.29, 1.82) is 0 Å². The molecule has 0 aliphatic heterocycles. The molecule has 1 rings (SSSR count). The number of rotatable bonds is 1. The van der Waals surface area contributed by atoms with Crippen LogP contribution in [0, 0.1) is 0 Å². The molecule has 0 aromatic carbocycles. The Bertz CT molecular complexity index is 283. The van der Waals surface area contributed by atoms with Crippen molar-refractivity contribution in [2.75, 3.05) is 12.4 Å². The molecule has 0 aliphatic rings. The van der Waals surface area contributed by atoms with Crippen LogP contribution in [0.3, 0.4) is 0 Å². The topological polar surface area (TPSA) is 24.9 Å². The van der Waals surface area contributed by atoms with Crippen LogP contribution in [-0.2, 0) is 6.18 Å². The van der Waals surface area contributed by atoms with E-state index in [2.05, 4.69) is 26.2 Å². The highest BCUT2D eigenvalue weighted by atomic mass is 79.9. The maximum Gasteiger partial charge on any atom is 0.435 e. The molecule has 0 radical (unpaired) electrons. The Labute approximate surface area is 78.9 Å². The van der Waals surface area contributed by atoms with Crippen LogP contribution in [0.2, 0.25) is 0 Å². The van der Waals surface area contributed by atoms with Gasteiger partial charge in [-0.3, -0.25) is 0 Å². The molecule has 0 bridgehead atoms. The molecule has 1 aromatic rings. The van der Waals surface area contributed by atoms with Crippen molar-refractivity contribution in [2.45, 2.75) is 6.18 Å². The minimum Gasteiger partial charge on any atom is -0.365 e. The van der Waals surface area contributed by atoms with Gasteiger partial charge in [-0.05, 0) is 15.9 Å². The van der Waals surface area contributed by atoms with E-state index in [0.717, 1.165) is 11.3 Å². The predicted octanol–water partition coefficient (Wildman–Crippen LogP) is 2.97. The molecular formula is C5H4BrF3N2S. The third kappa shape index (κ3) is 1.89. The number of nitrogens with zero attached hydrogens (tertiary/aromatic N) is 1. The lowest BCUT2D eigenvalue weighted by molar-refractivity contribution is -0.141. The Hall–Kier alpha value is -0.300. The van der Waals surface area contributed by atoms with Crippen molar-refractivity contribution in [3.8, 4) is 0 Å². The van der Waals surface area contributed by atoms with Crippen molar-refractivity contribution in [3.63, 3.8) is 0 Å². The number of thiazole rings is 1. The third-order valence-corrected chi connectivity index (χ3v) is 2.79. The van der Waals surface area contributed by atoms with E-state index in [9.17, 15) is 13.2 Å². The number of anilines is 1. The zero-order valence-electron chi connectivity index (χ0n) is 5.87. The van der Waals surface area contributed by atoms with Gasteiger partial charge >= 0.3 is 6.18 Å². The van der Waals surface area contributed by atoms with Crippen molar-refractivity contribution < 1.29 is 13.2 Å². The highest BCUT2D eigenvalue weighted by molar-refractivity contribution is 9.11. The predicted molar refractivity (Wildman–Crippen MR) is 44.4 cm³/mol. The number of hydrogen-bond donors (Lipinski definition) is 1. The Morgan fingerprint density at radius 1 is 1.50 bits per heavy atom. The molecule has 1 N–H and O–H groups in total. The van der Waals surface area contributed by atoms with Gasteiger partial charge in [0.25, 0.3) is 0 Å². The van der Waals surface area contributed by atoms with Gasteiger partial charge in [0.2, 0.25) is 0 Å². The Morgan fingerprint density at radius 3 is 2.33 bits per heavy atom. The maximum atomic E-state index is 12.1. The standard InChI is InChI=1S/C5H4BrF3N2S/c1-10-4-11-2(3(6)12-4)5(7,8)9/h1H3,(H,10,11). The second-order valence-electron chi connectivity index (χ2n) is 1.89.